The number of aryl methyl sites for hydroxylation is 1. The molecule has 5 nitrogen and oxygen atoms in total. The van der Waals surface area contributed by atoms with E-state index in [-0.39, 0.29) is 24.5 Å². The summed E-state index contributed by atoms with van der Waals surface area (Å²) in [6.07, 6.45) is -0.236. The molecule has 1 rings (SSSR count). The summed E-state index contributed by atoms with van der Waals surface area (Å²) in [6.45, 7) is 4.98. The number of carbonyl (C=O) groups is 3. The molecule has 0 atom stereocenters. The highest BCUT2D eigenvalue weighted by molar-refractivity contribution is 6.01. The number of benzene rings is 1. The number of hydrogen-bond donors (Lipinski definition) is 2. The van der Waals surface area contributed by atoms with E-state index in [1.54, 1.807) is 19.1 Å². The minimum absolute atomic E-state index is 0.0429. The summed E-state index contributed by atoms with van der Waals surface area (Å²) in [5.41, 5.74) is 2.61. The quantitative estimate of drug-likeness (QED) is 0.798. The number of anilines is 1. The van der Waals surface area contributed by atoms with Crippen molar-refractivity contribution in [3.05, 3.63) is 28.8 Å². The maximum Gasteiger partial charge on any atom is 0.303 e. The van der Waals surface area contributed by atoms with Gasteiger partial charge in [-0.3, -0.25) is 14.4 Å². The third-order valence-electron chi connectivity index (χ3n) is 2.84. The highest BCUT2D eigenvalue weighted by Crippen LogP contribution is 2.25. The van der Waals surface area contributed by atoms with Gasteiger partial charge in [-0.2, -0.15) is 0 Å². The van der Waals surface area contributed by atoms with Gasteiger partial charge in [-0.15, -0.1) is 0 Å². The van der Waals surface area contributed by atoms with Gasteiger partial charge in [0.15, 0.2) is 5.78 Å². The van der Waals surface area contributed by atoms with Crippen LogP contribution in [0.25, 0.3) is 0 Å². The van der Waals surface area contributed by atoms with E-state index in [1.165, 1.54) is 6.92 Å². The van der Waals surface area contributed by atoms with Gasteiger partial charge in [0.2, 0.25) is 5.91 Å². The number of hydrogen-bond acceptors (Lipinski definition) is 3. The number of rotatable bonds is 5. The van der Waals surface area contributed by atoms with Crippen molar-refractivity contribution in [2.75, 3.05) is 5.32 Å². The van der Waals surface area contributed by atoms with Gasteiger partial charge >= 0.3 is 5.97 Å². The Morgan fingerprint density at radius 2 is 1.79 bits per heavy atom. The number of nitrogens with one attached hydrogen (secondary N) is 1. The highest BCUT2D eigenvalue weighted by Gasteiger charge is 2.15. The molecule has 102 valence electrons. The Hall–Kier alpha value is -2.17. The average molecular weight is 263 g/mol. The van der Waals surface area contributed by atoms with Gasteiger partial charge in [0.1, 0.15) is 0 Å². The lowest BCUT2D eigenvalue weighted by Crippen LogP contribution is -2.12. The Balaban J connectivity index is 3.06. The van der Waals surface area contributed by atoms with Crippen LogP contribution in [0.4, 0.5) is 5.69 Å². The van der Waals surface area contributed by atoms with E-state index in [9.17, 15) is 14.4 Å². The molecule has 0 unspecified atom stereocenters. The normalized spacial score (nSPS) is 10.1. The summed E-state index contributed by atoms with van der Waals surface area (Å²) in [4.78, 5) is 33.6. The lowest BCUT2D eigenvalue weighted by molar-refractivity contribution is -0.137. The van der Waals surface area contributed by atoms with Crippen molar-refractivity contribution >= 4 is 23.3 Å². The number of aliphatic carboxylic acids is 1. The first kappa shape index (κ1) is 14.9. The van der Waals surface area contributed by atoms with Gasteiger partial charge in [0.05, 0.1) is 6.42 Å². The largest absolute Gasteiger partial charge is 0.481 e. The maximum atomic E-state index is 11.9. The fraction of sp³-hybridized carbons (Fsp3) is 0.357. The van der Waals surface area contributed by atoms with Crippen molar-refractivity contribution in [1.29, 1.82) is 0 Å². The van der Waals surface area contributed by atoms with Gasteiger partial charge in [0, 0.05) is 24.6 Å². The molecular weight excluding hydrogens is 246 g/mol. The number of carboxylic acids is 1. The lowest BCUT2D eigenvalue weighted by atomic mass is 9.97. The molecule has 0 fully saturated rings. The fourth-order valence-electron chi connectivity index (χ4n) is 1.87. The predicted octanol–water partition coefficient (Wildman–Crippen LogP) is 2.31. The first-order valence-electron chi connectivity index (χ1n) is 5.95. The Kier molecular flexibility index (Phi) is 4.80. The van der Waals surface area contributed by atoms with Crippen LogP contribution in [0.2, 0.25) is 0 Å². The Bertz CT molecular complexity index is 534. The lowest BCUT2D eigenvalue weighted by Gasteiger charge is -2.13. The monoisotopic (exact) mass is 263 g/mol. The average Bonchev–Trinajstić information content (AvgIpc) is 2.31. The van der Waals surface area contributed by atoms with E-state index in [1.807, 2.05) is 6.92 Å². The van der Waals surface area contributed by atoms with Crippen LogP contribution >= 0.6 is 0 Å². The molecule has 0 aromatic heterocycles. The van der Waals surface area contributed by atoms with Crippen LogP contribution < -0.4 is 5.32 Å². The minimum atomic E-state index is -1.000. The van der Waals surface area contributed by atoms with Crippen molar-refractivity contribution in [1.82, 2.24) is 0 Å². The number of carboxylic acid groups (broad SMARTS) is 1. The van der Waals surface area contributed by atoms with Crippen LogP contribution in [0.15, 0.2) is 12.1 Å². The van der Waals surface area contributed by atoms with Gasteiger partial charge in [-0.25, -0.2) is 0 Å². The van der Waals surface area contributed by atoms with Crippen LogP contribution in [-0.2, 0) is 9.59 Å². The Morgan fingerprint density at radius 1 is 1.16 bits per heavy atom. The maximum absolute atomic E-state index is 11.9. The van der Waals surface area contributed by atoms with Crippen molar-refractivity contribution in [3.63, 3.8) is 0 Å². The third-order valence-corrected chi connectivity index (χ3v) is 2.84. The SMILES string of the molecule is CC(=O)Nc1c(C)ccc(C(=O)CCC(=O)O)c1C. The van der Waals surface area contributed by atoms with Crippen molar-refractivity contribution in [3.8, 4) is 0 Å². The van der Waals surface area contributed by atoms with Crippen molar-refractivity contribution in [2.45, 2.75) is 33.6 Å². The second-order valence-corrected chi connectivity index (χ2v) is 4.43. The minimum Gasteiger partial charge on any atom is -0.481 e. The zero-order valence-corrected chi connectivity index (χ0v) is 11.2. The van der Waals surface area contributed by atoms with Crippen molar-refractivity contribution in [2.24, 2.45) is 0 Å². The van der Waals surface area contributed by atoms with E-state index in [0.29, 0.717) is 16.8 Å². The van der Waals surface area contributed by atoms with Crippen LogP contribution in [0.5, 0.6) is 0 Å². The standard InChI is InChI=1S/C14H17NO4/c1-8-4-5-11(12(17)6-7-13(18)19)9(2)14(8)15-10(3)16/h4-5H,6-7H2,1-3H3,(H,15,16)(H,18,19). The topological polar surface area (TPSA) is 83.5 Å². The summed E-state index contributed by atoms with van der Waals surface area (Å²) >= 11 is 0. The van der Waals surface area contributed by atoms with Gasteiger partial charge in [0.25, 0.3) is 0 Å². The molecule has 1 aromatic carbocycles. The van der Waals surface area contributed by atoms with Crippen LogP contribution in [0.1, 0.15) is 41.3 Å². The first-order valence-corrected chi connectivity index (χ1v) is 5.95. The summed E-state index contributed by atoms with van der Waals surface area (Å²) in [6, 6.07) is 3.41. The molecule has 0 bridgehead atoms. The van der Waals surface area contributed by atoms with E-state index in [4.69, 9.17) is 5.11 Å². The molecule has 1 amide bonds. The molecule has 19 heavy (non-hydrogen) atoms. The number of ketones is 1. The number of amides is 1. The van der Waals surface area contributed by atoms with Crippen molar-refractivity contribution < 1.29 is 19.5 Å². The molecular formula is C14H17NO4. The molecule has 0 radical (unpaired) electrons. The fourth-order valence-corrected chi connectivity index (χ4v) is 1.87. The molecule has 5 heteroatoms. The van der Waals surface area contributed by atoms with Crippen LogP contribution in [-0.4, -0.2) is 22.8 Å². The molecule has 0 aliphatic carbocycles. The molecule has 0 aliphatic heterocycles. The smallest absolute Gasteiger partial charge is 0.303 e. The molecule has 1 aromatic rings. The van der Waals surface area contributed by atoms with Crippen LogP contribution in [0, 0.1) is 13.8 Å². The van der Waals surface area contributed by atoms with Gasteiger partial charge in [-0.05, 0) is 25.0 Å². The molecule has 0 spiro atoms. The number of Topliss-reactive ketones (excluding diaryl/α,β-unsaturated/α-hetero) is 1. The first-order chi connectivity index (χ1) is 8.82. The summed E-state index contributed by atoms with van der Waals surface area (Å²) < 4.78 is 0. The van der Waals surface area contributed by atoms with E-state index < -0.39 is 5.97 Å². The third kappa shape index (κ3) is 3.91. The predicted molar refractivity (Wildman–Crippen MR) is 71.4 cm³/mol. The summed E-state index contributed by atoms with van der Waals surface area (Å²) in [5, 5.41) is 11.3. The zero-order valence-electron chi connectivity index (χ0n) is 11.2. The molecule has 0 saturated heterocycles. The molecule has 0 aliphatic rings. The number of carbonyl (C=O) groups excluding carboxylic acids is 2. The highest BCUT2D eigenvalue weighted by atomic mass is 16.4. The van der Waals surface area contributed by atoms with Gasteiger partial charge < -0.3 is 10.4 Å². The van der Waals surface area contributed by atoms with Crippen LogP contribution in [0.3, 0.4) is 0 Å². The van der Waals surface area contributed by atoms with Gasteiger partial charge in [-0.1, -0.05) is 12.1 Å². The second-order valence-electron chi connectivity index (χ2n) is 4.43. The molecule has 2 N–H and O–H groups in total. The zero-order chi connectivity index (χ0) is 14.6. The van der Waals surface area contributed by atoms with E-state index in [0.717, 1.165) is 5.56 Å². The Labute approximate surface area is 111 Å². The van der Waals surface area contributed by atoms with E-state index in [2.05, 4.69) is 5.32 Å². The summed E-state index contributed by atoms with van der Waals surface area (Å²) in [5.74, 6) is -1.44. The van der Waals surface area contributed by atoms with E-state index >= 15 is 0 Å². The molecule has 0 heterocycles. The Morgan fingerprint density at radius 3 is 2.32 bits per heavy atom. The summed E-state index contributed by atoms with van der Waals surface area (Å²) in [7, 11) is 0. The molecule has 0 saturated carbocycles. The second kappa shape index (κ2) is 6.13.